The predicted octanol–water partition coefficient (Wildman–Crippen LogP) is 3.38. The molecule has 1 amide bonds. The van der Waals surface area contributed by atoms with Crippen LogP contribution in [-0.2, 0) is 4.79 Å². The summed E-state index contributed by atoms with van der Waals surface area (Å²) >= 11 is 0. The minimum absolute atomic E-state index is 0.0876. The fourth-order valence-corrected chi connectivity index (χ4v) is 2.47. The molecule has 3 rings (SSSR count). The van der Waals surface area contributed by atoms with Crippen molar-refractivity contribution in [2.24, 2.45) is 5.10 Å². The van der Waals surface area contributed by atoms with Crippen molar-refractivity contribution in [1.29, 1.82) is 0 Å². The molecule has 8 heteroatoms. The summed E-state index contributed by atoms with van der Waals surface area (Å²) in [5, 5.41) is 6.95. The van der Waals surface area contributed by atoms with Gasteiger partial charge in [-0.1, -0.05) is 17.7 Å². The zero-order valence-corrected chi connectivity index (χ0v) is 16.5. The summed E-state index contributed by atoms with van der Waals surface area (Å²) in [5.74, 6) is -0.255. The van der Waals surface area contributed by atoms with Gasteiger partial charge >= 0.3 is 5.97 Å². The number of amides is 1. The molecule has 0 aliphatic carbocycles. The molecule has 0 saturated heterocycles. The van der Waals surface area contributed by atoms with Crippen molar-refractivity contribution in [2.45, 2.75) is 6.92 Å². The quantitative estimate of drug-likeness (QED) is 0.257. The number of furan rings is 1. The lowest BCUT2D eigenvalue weighted by atomic mass is 10.2. The second-order valence-electron chi connectivity index (χ2n) is 6.29. The second-order valence-corrected chi connectivity index (χ2v) is 6.29. The van der Waals surface area contributed by atoms with Crippen LogP contribution < -0.4 is 20.2 Å². The van der Waals surface area contributed by atoms with Crippen molar-refractivity contribution < 1.29 is 23.5 Å². The predicted molar refractivity (Wildman–Crippen MR) is 112 cm³/mol. The Morgan fingerprint density at radius 3 is 2.60 bits per heavy atom. The van der Waals surface area contributed by atoms with Crippen LogP contribution in [0.2, 0.25) is 0 Å². The molecule has 30 heavy (non-hydrogen) atoms. The maximum Gasteiger partial charge on any atom is 0.379 e. The molecule has 0 aliphatic heterocycles. The number of ether oxygens (including phenoxy) is 2. The van der Waals surface area contributed by atoms with E-state index >= 15 is 0 Å². The first-order valence-corrected chi connectivity index (χ1v) is 9.11. The van der Waals surface area contributed by atoms with Crippen LogP contribution in [0, 0.1) is 6.92 Å². The van der Waals surface area contributed by atoms with Crippen molar-refractivity contribution in [3.63, 3.8) is 0 Å². The Balaban J connectivity index is 1.54. The van der Waals surface area contributed by atoms with E-state index in [-0.39, 0.29) is 24.0 Å². The number of aryl methyl sites for hydroxylation is 1. The van der Waals surface area contributed by atoms with Crippen LogP contribution in [0.4, 0.5) is 5.69 Å². The maximum absolute atomic E-state index is 12.0. The van der Waals surface area contributed by atoms with Gasteiger partial charge in [0.2, 0.25) is 5.76 Å². The van der Waals surface area contributed by atoms with Gasteiger partial charge in [0.25, 0.3) is 5.91 Å². The van der Waals surface area contributed by atoms with Crippen molar-refractivity contribution in [3.05, 3.63) is 77.7 Å². The third-order valence-electron chi connectivity index (χ3n) is 4.02. The van der Waals surface area contributed by atoms with Gasteiger partial charge in [-0.15, -0.1) is 0 Å². The summed E-state index contributed by atoms with van der Waals surface area (Å²) < 4.78 is 15.6. The zero-order valence-electron chi connectivity index (χ0n) is 16.5. The first kappa shape index (κ1) is 20.7. The summed E-state index contributed by atoms with van der Waals surface area (Å²) in [6, 6.07) is 15.7. The number of hydrazone groups is 1. The SMILES string of the molecule is COc1cc(/C=N\NC(=O)CNc2ccc(C)cc2)ccc1OC(=O)c1ccco1. The average molecular weight is 407 g/mol. The van der Waals surface area contributed by atoms with E-state index in [4.69, 9.17) is 13.9 Å². The summed E-state index contributed by atoms with van der Waals surface area (Å²) in [7, 11) is 1.46. The van der Waals surface area contributed by atoms with Gasteiger partial charge < -0.3 is 19.2 Å². The van der Waals surface area contributed by atoms with Gasteiger partial charge in [-0.05, 0) is 55.0 Å². The molecule has 154 valence electrons. The van der Waals surface area contributed by atoms with Gasteiger partial charge in [0.1, 0.15) is 0 Å². The van der Waals surface area contributed by atoms with E-state index < -0.39 is 5.97 Å². The molecule has 3 aromatic rings. The summed E-state index contributed by atoms with van der Waals surface area (Å²) in [6.45, 7) is 2.08. The Morgan fingerprint density at radius 2 is 1.90 bits per heavy atom. The molecule has 0 atom stereocenters. The second kappa shape index (κ2) is 9.92. The number of nitrogens with zero attached hydrogens (tertiary/aromatic N) is 1. The Kier molecular flexibility index (Phi) is 6.83. The summed E-state index contributed by atoms with van der Waals surface area (Å²) in [4.78, 5) is 23.9. The van der Waals surface area contributed by atoms with Crippen LogP contribution in [0.25, 0.3) is 0 Å². The highest BCUT2D eigenvalue weighted by Gasteiger charge is 2.14. The number of hydrogen-bond donors (Lipinski definition) is 2. The molecule has 0 bridgehead atoms. The van der Waals surface area contributed by atoms with Crippen LogP contribution in [0.5, 0.6) is 11.5 Å². The molecule has 1 aromatic heterocycles. The molecule has 8 nitrogen and oxygen atoms in total. The largest absolute Gasteiger partial charge is 0.493 e. The first-order chi connectivity index (χ1) is 14.5. The molecule has 2 N–H and O–H groups in total. The van der Waals surface area contributed by atoms with E-state index in [1.165, 1.54) is 25.7 Å². The minimum atomic E-state index is -0.631. The standard InChI is InChI=1S/C22H21N3O5/c1-15-5-8-17(9-6-15)23-14-21(26)25-24-13-16-7-10-18(20(12-16)28-2)30-22(27)19-4-3-11-29-19/h3-13,23H,14H2,1-2H3,(H,25,26)/b24-13-. The Labute approximate surface area is 173 Å². The molecular weight excluding hydrogens is 386 g/mol. The van der Waals surface area contributed by atoms with Crippen molar-refractivity contribution in [1.82, 2.24) is 5.43 Å². The van der Waals surface area contributed by atoms with E-state index in [1.54, 1.807) is 24.3 Å². The molecule has 0 spiro atoms. The van der Waals surface area contributed by atoms with Crippen LogP contribution in [0.3, 0.4) is 0 Å². The Hall–Kier alpha value is -4.07. The van der Waals surface area contributed by atoms with Crippen LogP contribution in [0.1, 0.15) is 21.7 Å². The van der Waals surface area contributed by atoms with Gasteiger partial charge in [-0.3, -0.25) is 4.79 Å². The number of anilines is 1. The van der Waals surface area contributed by atoms with Crippen LogP contribution in [0.15, 0.2) is 70.4 Å². The molecule has 1 heterocycles. The molecule has 0 unspecified atom stereocenters. The van der Waals surface area contributed by atoms with Crippen molar-refractivity contribution >= 4 is 23.8 Å². The number of methoxy groups -OCH3 is 1. The van der Waals surface area contributed by atoms with Crippen LogP contribution in [-0.4, -0.2) is 31.7 Å². The lowest BCUT2D eigenvalue weighted by Crippen LogP contribution is -2.25. The van der Waals surface area contributed by atoms with E-state index in [0.717, 1.165) is 11.3 Å². The Bertz CT molecular complexity index is 1030. The third-order valence-corrected chi connectivity index (χ3v) is 4.02. The van der Waals surface area contributed by atoms with E-state index in [1.807, 2.05) is 31.2 Å². The lowest BCUT2D eigenvalue weighted by Gasteiger charge is -2.09. The fraction of sp³-hybridized carbons (Fsp3) is 0.136. The molecule has 0 saturated carbocycles. The highest BCUT2D eigenvalue weighted by atomic mass is 16.6. The monoisotopic (exact) mass is 407 g/mol. The fourth-order valence-electron chi connectivity index (χ4n) is 2.47. The number of esters is 1. The highest BCUT2D eigenvalue weighted by Crippen LogP contribution is 2.28. The smallest absolute Gasteiger partial charge is 0.379 e. The Morgan fingerprint density at radius 1 is 1.10 bits per heavy atom. The third kappa shape index (κ3) is 5.71. The van der Waals surface area contributed by atoms with Gasteiger partial charge in [-0.25, -0.2) is 10.2 Å². The summed E-state index contributed by atoms with van der Waals surface area (Å²) in [6.07, 6.45) is 2.85. The van der Waals surface area contributed by atoms with E-state index in [9.17, 15) is 9.59 Å². The zero-order chi connectivity index (χ0) is 21.3. The van der Waals surface area contributed by atoms with Gasteiger partial charge in [0.15, 0.2) is 11.5 Å². The highest BCUT2D eigenvalue weighted by molar-refractivity contribution is 5.89. The number of carbonyl (C=O) groups excluding carboxylic acids is 2. The number of carbonyl (C=O) groups is 2. The lowest BCUT2D eigenvalue weighted by molar-refractivity contribution is -0.119. The van der Waals surface area contributed by atoms with Gasteiger partial charge in [-0.2, -0.15) is 5.10 Å². The topological polar surface area (TPSA) is 102 Å². The molecule has 0 radical (unpaired) electrons. The molecule has 0 aliphatic rings. The maximum atomic E-state index is 12.0. The van der Waals surface area contributed by atoms with Crippen LogP contribution >= 0.6 is 0 Å². The first-order valence-electron chi connectivity index (χ1n) is 9.11. The van der Waals surface area contributed by atoms with Crippen molar-refractivity contribution in [2.75, 3.05) is 19.0 Å². The van der Waals surface area contributed by atoms with Gasteiger partial charge in [0, 0.05) is 5.69 Å². The number of nitrogens with one attached hydrogen (secondary N) is 2. The molecular formula is C22H21N3O5. The number of rotatable bonds is 8. The average Bonchev–Trinajstić information content (AvgIpc) is 3.29. The normalized spacial score (nSPS) is 10.6. The van der Waals surface area contributed by atoms with Gasteiger partial charge in [0.05, 0.1) is 26.1 Å². The number of hydrogen-bond acceptors (Lipinski definition) is 7. The van der Waals surface area contributed by atoms with Crippen molar-refractivity contribution in [3.8, 4) is 11.5 Å². The minimum Gasteiger partial charge on any atom is -0.493 e. The molecule has 2 aromatic carbocycles. The number of benzene rings is 2. The summed E-state index contributed by atoms with van der Waals surface area (Å²) in [5.41, 5.74) is 5.09. The van der Waals surface area contributed by atoms with E-state index in [2.05, 4.69) is 15.8 Å². The van der Waals surface area contributed by atoms with E-state index in [0.29, 0.717) is 11.3 Å². The molecule has 0 fully saturated rings.